The maximum absolute atomic E-state index is 13.3. The third kappa shape index (κ3) is 15.9. The molecule has 0 saturated carbocycles. The zero-order valence-electron chi connectivity index (χ0n) is 26.1. The van der Waals surface area contributed by atoms with Crippen molar-refractivity contribution < 1.29 is 53.7 Å². The number of hydrogen-bond donors (Lipinski definition) is 12. The molecule has 0 aliphatic rings. The van der Waals surface area contributed by atoms with Crippen molar-refractivity contribution in [3.63, 3.8) is 0 Å². The van der Waals surface area contributed by atoms with Crippen LogP contribution in [0.5, 0.6) is 0 Å². The molecular weight excluding hydrogens is 640 g/mol. The maximum atomic E-state index is 13.3. The topological polar surface area (TPSA) is 364 Å². The molecule has 21 heteroatoms. The predicted octanol–water partition coefficient (Wildman–Crippen LogP) is -5.33. The minimum Gasteiger partial charge on any atom is -0.481 e. The fourth-order valence-electron chi connectivity index (χ4n) is 4.10. The number of aromatic nitrogens is 2. The molecule has 0 aliphatic heterocycles. The van der Waals surface area contributed by atoms with Crippen molar-refractivity contribution in [1.29, 1.82) is 0 Å². The summed E-state index contributed by atoms with van der Waals surface area (Å²) in [5, 5.41) is 38.6. The standard InChI is InChI=1S/C27H44N10O11/c28-8-2-1-3-15(29)23(43)35-17(4-6-20(30)39)26(46)36-18(9-14-10-31-13-33-14)24(44)32-11-21(40)34-16(5-7-22(41)42)25(45)37-19(12-38)27(47)48/h10,13,15-19,38H,1-9,11-12,28-29H2,(H2,30,39)(H,31,33)(H,32,44)(H,34,40)(H,35,43)(H,36,46)(H,37,45)(H,41,42)(H,47,48)/t15-,16-,17-,18-,19-/m0/s1. The van der Waals surface area contributed by atoms with E-state index in [1.165, 1.54) is 12.5 Å². The van der Waals surface area contributed by atoms with Crippen LogP contribution < -0.4 is 43.8 Å². The number of imidazole rings is 1. The summed E-state index contributed by atoms with van der Waals surface area (Å²) in [7, 11) is 0. The van der Waals surface area contributed by atoms with Gasteiger partial charge in [-0.25, -0.2) is 9.78 Å². The number of rotatable bonds is 24. The van der Waals surface area contributed by atoms with Gasteiger partial charge in [0.05, 0.1) is 25.5 Å². The number of nitrogens with zero attached hydrogens (tertiary/aromatic N) is 1. The summed E-state index contributed by atoms with van der Waals surface area (Å²) in [5.41, 5.74) is 17.0. The molecule has 0 bridgehead atoms. The molecule has 0 spiro atoms. The highest BCUT2D eigenvalue weighted by Crippen LogP contribution is 2.05. The van der Waals surface area contributed by atoms with E-state index in [-0.39, 0.29) is 25.7 Å². The van der Waals surface area contributed by atoms with Crippen LogP contribution in [0.2, 0.25) is 0 Å². The Hall–Kier alpha value is -5.15. The largest absolute Gasteiger partial charge is 0.481 e. The Bertz CT molecular complexity index is 1260. The quantitative estimate of drug-likeness (QED) is 0.0453. The second-order valence-corrected chi connectivity index (χ2v) is 10.7. The molecule has 21 nitrogen and oxygen atoms in total. The highest BCUT2D eigenvalue weighted by molar-refractivity contribution is 5.95. The molecule has 48 heavy (non-hydrogen) atoms. The first kappa shape index (κ1) is 40.9. The summed E-state index contributed by atoms with van der Waals surface area (Å²) < 4.78 is 0. The van der Waals surface area contributed by atoms with Crippen LogP contribution in [0, 0.1) is 0 Å². The van der Waals surface area contributed by atoms with Gasteiger partial charge in [0.25, 0.3) is 0 Å². The summed E-state index contributed by atoms with van der Waals surface area (Å²) in [5.74, 6) is -8.17. The number of aromatic amines is 1. The molecule has 5 atom stereocenters. The smallest absolute Gasteiger partial charge is 0.328 e. The van der Waals surface area contributed by atoms with Crippen LogP contribution in [0.4, 0.5) is 0 Å². The lowest BCUT2D eigenvalue weighted by Crippen LogP contribution is -2.57. The molecule has 0 aromatic carbocycles. The Kier molecular flexibility index (Phi) is 18.4. The van der Waals surface area contributed by atoms with Gasteiger partial charge in [0, 0.05) is 31.2 Å². The van der Waals surface area contributed by atoms with E-state index in [2.05, 4.69) is 31.2 Å². The molecule has 268 valence electrons. The lowest BCUT2D eigenvalue weighted by molar-refractivity contribution is -0.144. The summed E-state index contributed by atoms with van der Waals surface area (Å²) in [6.07, 6.45) is 2.42. The Morgan fingerprint density at radius 3 is 1.94 bits per heavy atom. The van der Waals surface area contributed by atoms with Crippen molar-refractivity contribution in [2.75, 3.05) is 19.7 Å². The van der Waals surface area contributed by atoms with Crippen LogP contribution >= 0.6 is 0 Å². The molecule has 0 aliphatic carbocycles. The number of amides is 6. The lowest BCUT2D eigenvalue weighted by atomic mass is 10.1. The average molecular weight is 685 g/mol. The number of nitrogens with one attached hydrogen (secondary N) is 6. The average Bonchev–Trinajstić information content (AvgIpc) is 3.54. The molecule has 6 amide bonds. The summed E-state index contributed by atoms with van der Waals surface area (Å²) in [4.78, 5) is 105. The number of carbonyl (C=O) groups excluding carboxylic acids is 6. The number of carbonyl (C=O) groups is 8. The van der Waals surface area contributed by atoms with Crippen LogP contribution in [-0.4, -0.2) is 123 Å². The number of unbranched alkanes of at least 4 members (excludes halogenated alkanes) is 1. The first-order valence-corrected chi connectivity index (χ1v) is 14.9. The van der Waals surface area contributed by atoms with Crippen molar-refractivity contribution in [3.05, 3.63) is 18.2 Å². The van der Waals surface area contributed by atoms with Gasteiger partial charge in [-0.15, -0.1) is 0 Å². The number of H-pyrrole nitrogens is 1. The highest BCUT2D eigenvalue weighted by Gasteiger charge is 2.30. The summed E-state index contributed by atoms with van der Waals surface area (Å²) in [6, 6.07) is -6.95. The monoisotopic (exact) mass is 684 g/mol. The third-order valence-electron chi connectivity index (χ3n) is 6.75. The van der Waals surface area contributed by atoms with E-state index in [0.29, 0.717) is 25.1 Å². The number of primary amides is 1. The van der Waals surface area contributed by atoms with Crippen LogP contribution in [0.1, 0.15) is 50.6 Å². The van der Waals surface area contributed by atoms with Gasteiger partial charge in [-0.1, -0.05) is 6.42 Å². The fraction of sp³-hybridized carbons (Fsp3) is 0.593. The van der Waals surface area contributed by atoms with Crippen LogP contribution in [0.3, 0.4) is 0 Å². The van der Waals surface area contributed by atoms with Gasteiger partial charge >= 0.3 is 11.9 Å². The number of carboxylic acids is 2. The first-order chi connectivity index (χ1) is 22.7. The third-order valence-corrected chi connectivity index (χ3v) is 6.75. The van der Waals surface area contributed by atoms with Gasteiger partial charge in [-0.05, 0) is 32.2 Å². The molecule has 0 unspecified atom stereocenters. The Morgan fingerprint density at radius 2 is 1.40 bits per heavy atom. The van der Waals surface area contributed by atoms with Crippen LogP contribution in [-0.2, 0) is 44.8 Å². The van der Waals surface area contributed by atoms with E-state index in [9.17, 15) is 38.4 Å². The van der Waals surface area contributed by atoms with Crippen LogP contribution in [0.15, 0.2) is 12.5 Å². The van der Waals surface area contributed by atoms with Crippen LogP contribution in [0.25, 0.3) is 0 Å². The Morgan fingerprint density at radius 1 is 0.792 bits per heavy atom. The fourth-order valence-corrected chi connectivity index (χ4v) is 4.10. The van der Waals surface area contributed by atoms with Crippen molar-refractivity contribution in [2.24, 2.45) is 17.2 Å². The molecule has 1 heterocycles. The molecule has 0 radical (unpaired) electrons. The maximum Gasteiger partial charge on any atom is 0.328 e. The van der Waals surface area contributed by atoms with Gasteiger partial charge in [-0.2, -0.15) is 0 Å². The van der Waals surface area contributed by atoms with Gasteiger partial charge < -0.3 is 64.1 Å². The minimum atomic E-state index is -1.73. The normalized spacial score (nSPS) is 13.9. The van der Waals surface area contributed by atoms with E-state index < -0.39 is 104 Å². The number of hydrogen-bond acceptors (Lipinski definition) is 12. The molecule has 1 aromatic heterocycles. The minimum absolute atomic E-state index is 0.171. The molecule has 1 rings (SSSR count). The van der Waals surface area contributed by atoms with Gasteiger partial charge in [-0.3, -0.25) is 33.6 Å². The Balaban J connectivity index is 3.04. The predicted molar refractivity (Wildman–Crippen MR) is 164 cm³/mol. The van der Waals surface area contributed by atoms with Gasteiger partial charge in [0.15, 0.2) is 0 Å². The van der Waals surface area contributed by atoms with E-state index in [1.54, 1.807) is 0 Å². The summed E-state index contributed by atoms with van der Waals surface area (Å²) in [6.45, 7) is -1.35. The molecule has 15 N–H and O–H groups in total. The number of nitrogens with two attached hydrogens (primary N) is 3. The zero-order chi connectivity index (χ0) is 36.2. The van der Waals surface area contributed by atoms with E-state index in [1.807, 2.05) is 5.32 Å². The molecular formula is C27H44N10O11. The summed E-state index contributed by atoms with van der Waals surface area (Å²) >= 11 is 0. The molecule has 1 aromatic rings. The molecule has 0 fully saturated rings. The van der Waals surface area contributed by atoms with E-state index in [0.717, 1.165) is 0 Å². The Labute approximate surface area is 274 Å². The number of aliphatic hydroxyl groups is 1. The van der Waals surface area contributed by atoms with E-state index in [4.69, 9.17) is 32.5 Å². The number of carboxylic acid groups (broad SMARTS) is 2. The second kappa shape index (κ2) is 21.6. The lowest BCUT2D eigenvalue weighted by Gasteiger charge is -2.24. The first-order valence-electron chi connectivity index (χ1n) is 14.9. The van der Waals surface area contributed by atoms with Gasteiger partial charge in [0.1, 0.15) is 24.2 Å². The van der Waals surface area contributed by atoms with Crippen molar-refractivity contribution in [2.45, 2.75) is 81.6 Å². The highest BCUT2D eigenvalue weighted by atomic mass is 16.4. The zero-order valence-corrected chi connectivity index (χ0v) is 26.1. The SMILES string of the molecule is NCCCC[C@H](N)C(=O)N[C@@H](CCC(N)=O)C(=O)N[C@@H](Cc1cnc[nH]1)C(=O)NCC(=O)N[C@@H](CCC(=O)O)C(=O)N[C@@H](CO)C(=O)O. The second-order valence-electron chi connectivity index (χ2n) is 10.7. The van der Waals surface area contributed by atoms with E-state index >= 15 is 0 Å². The molecule has 0 saturated heterocycles. The van der Waals surface area contributed by atoms with Crippen molar-refractivity contribution in [3.8, 4) is 0 Å². The van der Waals surface area contributed by atoms with Crippen molar-refractivity contribution in [1.82, 2.24) is 36.6 Å². The number of aliphatic hydroxyl groups excluding tert-OH is 1. The van der Waals surface area contributed by atoms with Gasteiger partial charge in [0.2, 0.25) is 35.4 Å². The number of aliphatic carboxylic acids is 2. The van der Waals surface area contributed by atoms with Crippen molar-refractivity contribution >= 4 is 47.4 Å².